The van der Waals surface area contributed by atoms with Crippen LogP contribution in [0.25, 0.3) is 0 Å². The van der Waals surface area contributed by atoms with Gasteiger partial charge in [-0.15, -0.1) is 5.10 Å². The van der Waals surface area contributed by atoms with Crippen LogP contribution in [-0.4, -0.2) is 27.6 Å². The van der Waals surface area contributed by atoms with Crippen LogP contribution in [0.2, 0.25) is 0 Å². The highest BCUT2D eigenvalue weighted by Gasteiger charge is 2.24. The summed E-state index contributed by atoms with van der Waals surface area (Å²) in [4.78, 5) is 16.3. The van der Waals surface area contributed by atoms with Gasteiger partial charge in [-0.2, -0.15) is 5.10 Å². The molecule has 21 heavy (non-hydrogen) atoms. The smallest absolute Gasteiger partial charge is 0.249 e. The van der Waals surface area contributed by atoms with E-state index < -0.39 is 0 Å². The molecule has 0 bridgehead atoms. The third kappa shape index (κ3) is 2.84. The highest BCUT2D eigenvalue weighted by molar-refractivity contribution is 5.89. The summed E-state index contributed by atoms with van der Waals surface area (Å²) in [7, 11) is 0. The van der Waals surface area contributed by atoms with Gasteiger partial charge in [0.05, 0.1) is 11.4 Å². The monoisotopic (exact) mass is 283 g/mol. The van der Waals surface area contributed by atoms with Crippen molar-refractivity contribution in [1.29, 1.82) is 0 Å². The first kappa shape index (κ1) is 13.5. The van der Waals surface area contributed by atoms with Gasteiger partial charge in [-0.3, -0.25) is 10.1 Å². The van der Waals surface area contributed by atoms with Crippen molar-refractivity contribution < 1.29 is 4.79 Å². The van der Waals surface area contributed by atoms with E-state index in [2.05, 4.69) is 31.9 Å². The molecule has 0 aliphatic carbocycles. The summed E-state index contributed by atoms with van der Waals surface area (Å²) < 4.78 is 0. The average Bonchev–Trinajstić information content (AvgIpc) is 2.86. The van der Waals surface area contributed by atoms with Crippen molar-refractivity contribution in [2.45, 2.75) is 26.2 Å². The molecule has 2 N–H and O–H groups in total. The first-order valence-electron chi connectivity index (χ1n) is 6.94. The van der Waals surface area contributed by atoms with Gasteiger partial charge in [0.1, 0.15) is 0 Å². The van der Waals surface area contributed by atoms with Crippen LogP contribution in [-0.2, 0) is 4.79 Å². The molecule has 2 heterocycles. The molecule has 6 nitrogen and oxygen atoms in total. The lowest BCUT2D eigenvalue weighted by atomic mass is 9.98. The van der Waals surface area contributed by atoms with Crippen LogP contribution in [0, 0.1) is 13.8 Å². The Morgan fingerprint density at radius 2 is 2.10 bits per heavy atom. The molecule has 2 aromatic rings. The van der Waals surface area contributed by atoms with Crippen LogP contribution in [0.15, 0.2) is 24.3 Å². The Hall–Kier alpha value is -2.50. The summed E-state index contributed by atoms with van der Waals surface area (Å²) in [6.07, 6.45) is 0.403. The van der Waals surface area contributed by atoms with Crippen molar-refractivity contribution in [2.24, 2.45) is 0 Å². The summed E-state index contributed by atoms with van der Waals surface area (Å²) in [5.41, 5.74) is 3.83. The van der Waals surface area contributed by atoms with E-state index in [0.29, 0.717) is 6.42 Å². The van der Waals surface area contributed by atoms with E-state index in [9.17, 15) is 4.79 Å². The Bertz CT molecular complexity index is 686. The standard InChI is InChI=1S/C15H17N5O/c1-9-10(2)19-20-15(17-9)18-14(21)7-11-8-16-13-6-4-3-5-12(11)13/h3-6,11,16H,7-8H2,1-2H3,(H,17,18,20,21). The molecule has 6 heteroatoms. The Morgan fingerprint density at radius 1 is 1.29 bits per heavy atom. The first-order valence-corrected chi connectivity index (χ1v) is 6.94. The number of anilines is 2. The van der Waals surface area contributed by atoms with Gasteiger partial charge < -0.3 is 5.32 Å². The molecular formula is C15H17N5O. The second kappa shape index (κ2) is 5.47. The van der Waals surface area contributed by atoms with Gasteiger partial charge in [0.15, 0.2) is 0 Å². The number of nitrogens with one attached hydrogen (secondary N) is 2. The number of hydrogen-bond acceptors (Lipinski definition) is 5. The molecule has 0 saturated heterocycles. The summed E-state index contributed by atoms with van der Waals surface area (Å²) >= 11 is 0. The van der Waals surface area contributed by atoms with E-state index in [-0.39, 0.29) is 17.8 Å². The molecule has 108 valence electrons. The molecule has 1 atom stereocenters. The van der Waals surface area contributed by atoms with E-state index in [4.69, 9.17) is 0 Å². The summed E-state index contributed by atoms with van der Waals surface area (Å²) in [6.45, 7) is 4.46. The zero-order chi connectivity index (χ0) is 14.8. The molecule has 0 fully saturated rings. The SMILES string of the molecule is Cc1nnc(NC(=O)CC2CNc3ccccc32)nc1C. The lowest BCUT2D eigenvalue weighted by Crippen LogP contribution is -2.19. The van der Waals surface area contributed by atoms with Crippen LogP contribution >= 0.6 is 0 Å². The maximum Gasteiger partial charge on any atom is 0.249 e. The summed E-state index contributed by atoms with van der Waals surface area (Å²) in [5.74, 6) is 0.353. The van der Waals surface area contributed by atoms with Gasteiger partial charge in [-0.25, -0.2) is 4.98 Å². The Morgan fingerprint density at radius 3 is 2.90 bits per heavy atom. The Labute approximate surface area is 123 Å². The number of amides is 1. The number of fused-ring (bicyclic) bond motifs is 1. The van der Waals surface area contributed by atoms with E-state index in [1.807, 2.05) is 32.0 Å². The fourth-order valence-electron chi connectivity index (χ4n) is 2.45. The van der Waals surface area contributed by atoms with Crippen molar-refractivity contribution in [3.63, 3.8) is 0 Å². The number of carbonyl (C=O) groups excluding carboxylic acids is 1. The van der Waals surface area contributed by atoms with Crippen molar-refractivity contribution in [1.82, 2.24) is 15.2 Å². The second-order valence-corrected chi connectivity index (χ2v) is 5.22. The van der Waals surface area contributed by atoms with Gasteiger partial charge in [0.25, 0.3) is 0 Å². The molecule has 3 rings (SSSR count). The number of aromatic nitrogens is 3. The second-order valence-electron chi connectivity index (χ2n) is 5.22. The third-order valence-corrected chi connectivity index (χ3v) is 3.71. The van der Waals surface area contributed by atoms with Gasteiger partial charge in [0.2, 0.25) is 11.9 Å². The largest absolute Gasteiger partial charge is 0.384 e. The van der Waals surface area contributed by atoms with Gasteiger partial charge in [-0.05, 0) is 25.5 Å². The zero-order valence-corrected chi connectivity index (χ0v) is 12.1. The molecule has 1 unspecified atom stereocenters. The summed E-state index contributed by atoms with van der Waals surface area (Å²) in [5, 5.41) is 13.9. The van der Waals surface area contributed by atoms with Crippen molar-refractivity contribution in [2.75, 3.05) is 17.2 Å². The van der Waals surface area contributed by atoms with Crippen LogP contribution in [0.3, 0.4) is 0 Å². The van der Waals surface area contributed by atoms with Gasteiger partial charge in [-0.1, -0.05) is 18.2 Å². The quantitative estimate of drug-likeness (QED) is 0.901. The fourth-order valence-corrected chi connectivity index (χ4v) is 2.45. The number of aryl methyl sites for hydroxylation is 2. The lowest BCUT2D eigenvalue weighted by Gasteiger charge is -2.10. The molecule has 0 radical (unpaired) electrons. The molecule has 1 aromatic heterocycles. The van der Waals surface area contributed by atoms with E-state index >= 15 is 0 Å². The zero-order valence-electron chi connectivity index (χ0n) is 12.1. The predicted molar refractivity (Wildman–Crippen MR) is 80.2 cm³/mol. The number of nitrogens with zero attached hydrogens (tertiary/aromatic N) is 3. The van der Waals surface area contributed by atoms with Gasteiger partial charge in [0, 0.05) is 24.6 Å². The lowest BCUT2D eigenvalue weighted by molar-refractivity contribution is -0.116. The van der Waals surface area contributed by atoms with Crippen molar-refractivity contribution >= 4 is 17.5 Å². The maximum absolute atomic E-state index is 12.1. The molecule has 0 spiro atoms. The highest BCUT2D eigenvalue weighted by Crippen LogP contribution is 2.33. The summed E-state index contributed by atoms with van der Waals surface area (Å²) in [6, 6.07) is 8.07. The molecule has 0 saturated carbocycles. The maximum atomic E-state index is 12.1. The average molecular weight is 283 g/mol. The first-order chi connectivity index (χ1) is 10.1. The molecule has 1 aromatic carbocycles. The number of benzene rings is 1. The topological polar surface area (TPSA) is 79.8 Å². The number of para-hydroxylation sites is 1. The van der Waals surface area contributed by atoms with E-state index in [0.717, 1.165) is 23.6 Å². The van der Waals surface area contributed by atoms with E-state index in [1.54, 1.807) is 0 Å². The van der Waals surface area contributed by atoms with Crippen LogP contribution < -0.4 is 10.6 Å². The number of rotatable bonds is 3. The highest BCUT2D eigenvalue weighted by atomic mass is 16.1. The van der Waals surface area contributed by atoms with Crippen LogP contribution in [0.5, 0.6) is 0 Å². The van der Waals surface area contributed by atoms with Crippen LogP contribution in [0.4, 0.5) is 11.6 Å². The normalized spacial score (nSPS) is 16.2. The Balaban J connectivity index is 1.66. The molecule has 1 aliphatic rings. The minimum absolute atomic E-state index is 0.0939. The number of carbonyl (C=O) groups is 1. The number of hydrogen-bond donors (Lipinski definition) is 2. The minimum atomic E-state index is -0.0939. The van der Waals surface area contributed by atoms with E-state index in [1.165, 1.54) is 5.56 Å². The Kier molecular flexibility index (Phi) is 3.51. The van der Waals surface area contributed by atoms with Crippen LogP contribution in [0.1, 0.15) is 29.3 Å². The van der Waals surface area contributed by atoms with Crippen molar-refractivity contribution in [3.05, 3.63) is 41.2 Å². The van der Waals surface area contributed by atoms with Crippen molar-refractivity contribution in [3.8, 4) is 0 Å². The molecule has 1 aliphatic heterocycles. The third-order valence-electron chi connectivity index (χ3n) is 3.71. The predicted octanol–water partition coefficient (Wildman–Crippen LogP) is 2.03. The fraction of sp³-hybridized carbons (Fsp3) is 0.333. The molecular weight excluding hydrogens is 266 g/mol. The van der Waals surface area contributed by atoms with Gasteiger partial charge >= 0.3 is 0 Å². The minimum Gasteiger partial charge on any atom is -0.384 e. The molecule has 1 amide bonds.